The molecule has 0 radical (unpaired) electrons. The molecule has 1 heterocycles. The number of hydrogen-bond donors (Lipinski definition) is 1. The van der Waals surface area contributed by atoms with E-state index in [0.717, 1.165) is 0 Å². The van der Waals surface area contributed by atoms with Crippen LogP contribution in [0.3, 0.4) is 0 Å². The molecule has 0 amide bonds. The van der Waals surface area contributed by atoms with Crippen LogP contribution in [0.5, 0.6) is 0 Å². The summed E-state index contributed by atoms with van der Waals surface area (Å²) in [7, 11) is -1.40. The first-order valence-electron chi connectivity index (χ1n) is 5.43. The molecule has 1 fully saturated rings. The van der Waals surface area contributed by atoms with E-state index in [1.165, 1.54) is 0 Å². The number of carbonyl (C=O) groups excluding carboxylic acids is 1. The van der Waals surface area contributed by atoms with Gasteiger partial charge in [-0.2, -0.15) is 0 Å². The van der Waals surface area contributed by atoms with Crippen LogP contribution < -0.4 is 0 Å². The van der Waals surface area contributed by atoms with Gasteiger partial charge in [0.2, 0.25) is 0 Å². The lowest BCUT2D eigenvalue weighted by atomic mass is 10.2. The number of aliphatic hydroxyl groups is 1. The molecule has 4 nitrogen and oxygen atoms in total. The van der Waals surface area contributed by atoms with Gasteiger partial charge in [-0.15, -0.1) is 5.54 Å². The van der Waals surface area contributed by atoms with Crippen LogP contribution in [0.2, 0.25) is 19.6 Å². The Bertz CT molecular complexity index is 499. The molecule has 94 valence electrons. The van der Waals surface area contributed by atoms with Gasteiger partial charge in [0.1, 0.15) is 14.7 Å². The van der Waals surface area contributed by atoms with Crippen molar-refractivity contribution in [3.63, 3.8) is 0 Å². The predicted octanol–water partition coefficient (Wildman–Crippen LogP) is 0.770. The maximum Gasteiger partial charge on any atom is 0.508 e. The molecule has 0 aliphatic carbocycles. The maximum atomic E-state index is 10.6. The molecule has 0 bridgehead atoms. The van der Waals surface area contributed by atoms with Crippen molar-refractivity contribution in [3.05, 3.63) is 0 Å². The van der Waals surface area contributed by atoms with Crippen molar-refractivity contribution in [2.24, 2.45) is 0 Å². The van der Waals surface area contributed by atoms with Crippen LogP contribution in [0, 0.1) is 35.1 Å². The van der Waals surface area contributed by atoms with Crippen LogP contribution in [0.15, 0.2) is 0 Å². The standard InChI is InChI=1S/C13H14O4Si/c1-18(2,3)9-7-5-4-6-8-11(14)12-10-16-13(15)17-12/h11-12,14H,10H2,1-3H3/t11-,12+/m1/s1. The van der Waals surface area contributed by atoms with E-state index in [2.05, 4.69) is 64.3 Å². The Morgan fingerprint density at radius 3 is 2.50 bits per heavy atom. The zero-order valence-corrected chi connectivity index (χ0v) is 11.5. The molecular formula is C13H14O4Si. The van der Waals surface area contributed by atoms with Crippen LogP contribution in [-0.4, -0.2) is 38.2 Å². The summed E-state index contributed by atoms with van der Waals surface area (Å²) in [4.78, 5) is 10.6. The highest BCUT2D eigenvalue weighted by Gasteiger charge is 2.30. The van der Waals surface area contributed by atoms with E-state index < -0.39 is 26.4 Å². The molecule has 0 saturated carbocycles. The van der Waals surface area contributed by atoms with E-state index in [4.69, 9.17) is 0 Å². The molecule has 1 rings (SSSR count). The van der Waals surface area contributed by atoms with Gasteiger partial charge in [0.05, 0.1) is 0 Å². The van der Waals surface area contributed by atoms with Crippen LogP contribution in [0.1, 0.15) is 0 Å². The zero-order valence-electron chi connectivity index (χ0n) is 10.5. The highest BCUT2D eigenvalue weighted by atomic mass is 28.3. The normalized spacial score (nSPS) is 18.9. The third kappa shape index (κ3) is 5.45. The third-order valence-corrected chi connectivity index (χ3v) is 2.69. The number of carbonyl (C=O) groups is 1. The summed E-state index contributed by atoms with van der Waals surface area (Å²) in [6.45, 7) is 6.36. The molecule has 0 aromatic carbocycles. The van der Waals surface area contributed by atoms with Crippen molar-refractivity contribution in [1.29, 1.82) is 0 Å². The van der Waals surface area contributed by atoms with E-state index in [-0.39, 0.29) is 6.61 Å². The monoisotopic (exact) mass is 262 g/mol. The quantitative estimate of drug-likeness (QED) is 0.431. The molecule has 0 unspecified atom stereocenters. The second-order valence-corrected chi connectivity index (χ2v) is 9.43. The van der Waals surface area contributed by atoms with Crippen LogP contribution in [0.25, 0.3) is 0 Å². The van der Waals surface area contributed by atoms with Gasteiger partial charge in [-0.3, -0.25) is 0 Å². The van der Waals surface area contributed by atoms with Gasteiger partial charge < -0.3 is 14.6 Å². The Morgan fingerprint density at radius 1 is 1.28 bits per heavy atom. The molecular weight excluding hydrogens is 248 g/mol. The first-order valence-corrected chi connectivity index (χ1v) is 8.93. The lowest BCUT2D eigenvalue weighted by Gasteiger charge is -2.06. The number of hydrogen-bond acceptors (Lipinski definition) is 4. The minimum atomic E-state index is -1.40. The Hall–Kier alpha value is -1.87. The van der Waals surface area contributed by atoms with Crippen LogP contribution >= 0.6 is 0 Å². The Labute approximate surface area is 108 Å². The second-order valence-electron chi connectivity index (χ2n) is 4.68. The van der Waals surface area contributed by atoms with Gasteiger partial charge in [-0.25, -0.2) is 4.79 Å². The van der Waals surface area contributed by atoms with Gasteiger partial charge in [-0.05, 0) is 23.7 Å². The van der Waals surface area contributed by atoms with Gasteiger partial charge in [-0.1, -0.05) is 25.6 Å². The summed E-state index contributed by atoms with van der Waals surface area (Å²) in [5.74, 6) is 12.8. The molecule has 18 heavy (non-hydrogen) atoms. The zero-order chi connectivity index (χ0) is 13.6. The van der Waals surface area contributed by atoms with Crippen molar-refractivity contribution in [2.45, 2.75) is 31.8 Å². The lowest BCUT2D eigenvalue weighted by Crippen LogP contribution is -2.26. The van der Waals surface area contributed by atoms with Gasteiger partial charge in [0.15, 0.2) is 12.2 Å². The molecule has 0 spiro atoms. The van der Waals surface area contributed by atoms with E-state index in [1.807, 2.05) is 0 Å². The summed E-state index contributed by atoms with van der Waals surface area (Å²) in [6, 6.07) is 0. The first-order chi connectivity index (χ1) is 8.38. The molecule has 5 heteroatoms. The van der Waals surface area contributed by atoms with E-state index in [9.17, 15) is 9.90 Å². The predicted molar refractivity (Wildman–Crippen MR) is 68.9 cm³/mol. The van der Waals surface area contributed by atoms with Crippen molar-refractivity contribution in [3.8, 4) is 35.1 Å². The highest BCUT2D eigenvalue weighted by molar-refractivity contribution is 6.83. The summed E-state index contributed by atoms with van der Waals surface area (Å²) in [5, 5.41) is 9.52. The minimum absolute atomic E-state index is 0.0114. The van der Waals surface area contributed by atoms with Gasteiger partial charge in [0, 0.05) is 0 Å². The fourth-order valence-corrected chi connectivity index (χ4v) is 1.42. The minimum Gasteiger partial charge on any atom is -0.430 e. The molecule has 0 aromatic rings. The average Bonchev–Trinajstić information content (AvgIpc) is 2.68. The molecule has 2 atom stereocenters. The second kappa shape index (κ2) is 6.17. The first kappa shape index (κ1) is 14.2. The molecule has 1 aliphatic rings. The number of ether oxygens (including phenoxy) is 2. The number of aliphatic hydroxyl groups excluding tert-OH is 1. The number of rotatable bonds is 1. The molecule has 1 aliphatic heterocycles. The third-order valence-electron chi connectivity index (χ3n) is 1.81. The highest BCUT2D eigenvalue weighted by Crippen LogP contribution is 2.09. The van der Waals surface area contributed by atoms with Gasteiger partial charge in [0.25, 0.3) is 0 Å². The van der Waals surface area contributed by atoms with E-state index in [0.29, 0.717) is 0 Å². The number of cyclic esters (lactones) is 2. The van der Waals surface area contributed by atoms with Crippen molar-refractivity contribution in [1.82, 2.24) is 0 Å². The lowest BCUT2D eigenvalue weighted by molar-refractivity contribution is 0.0635. The Kier molecular flexibility index (Phi) is 4.86. The van der Waals surface area contributed by atoms with Crippen molar-refractivity contribution < 1.29 is 19.4 Å². The molecule has 1 N–H and O–H groups in total. The Balaban J connectivity index is 2.48. The van der Waals surface area contributed by atoms with Crippen LogP contribution in [-0.2, 0) is 9.47 Å². The molecule has 1 saturated heterocycles. The van der Waals surface area contributed by atoms with E-state index >= 15 is 0 Å². The Morgan fingerprint density at radius 2 is 1.94 bits per heavy atom. The summed E-state index contributed by atoms with van der Waals surface area (Å²) < 4.78 is 9.19. The summed E-state index contributed by atoms with van der Waals surface area (Å²) in [6.07, 6.45) is -2.61. The van der Waals surface area contributed by atoms with E-state index in [1.54, 1.807) is 0 Å². The summed E-state index contributed by atoms with van der Waals surface area (Å²) >= 11 is 0. The topological polar surface area (TPSA) is 55.8 Å². The smallest absolute Gasteiger partial charge is 0.430 e. The fraction of sp³-hybridized carbons (Fsp3) is 0.462. The van der Waals surface area contributed by atoms with Crippen LogP contribution in [0.4, 0.5) is 4.79 Å². The van der Waals surface area contributed by atoms with Crippen molar-refractivity contribution >= 4 is 14.2 Å². The SMILES string of the molecule is C[Si](C)(C)C#CC#CC#C[C@@H](O)[C@@H]1COC(=O)O1. The largest absolute Gasteiger partial charge is 0.508 e. The summed E-state index contributed by atoms with van der Waals surface area (Å²) in [5.41, 5.74) is 3.07. The molecule has 0 aromatic heterocycles. The van der Waals surface area contributed by atoms with Crippen molar-refractivity contribution in [2.75, 3.05) is 6.61 Å². The average molecular weight is 262 g/mol. The fourth-order valence-electron chi connectivity index (χ4n) is 0.982. The van der Waals surface area contributed by atoms with Gasteiger partial charge >= 0.3 is 6.16 Å². The maximum absolute atomic E-state index is 10.6.